The molecular formula is C23H21NO2. The van der Waals surface area contributed by atoms with Crippen molar-refractivity contribution >= 4 is 5.91 Å². The third-order valence-corrected chi connectivity index (χ3v) is 4.75. The van der Waals surface area contributed by atoms with Crippen LogP contribution in [0.3, 0.4) is 0 Å². The van der Waals surface area contributed by atoms with Gasteiger partial charge in [-0.25, -0.2) is 0 Å². The topological polar surface area (TPSA) is 38.3 Å². The minimum absolute atomic E-state index is 0.0646. The molecule has 0 aliphatic heterocycles. The van der Waals surface area contributed by atoms with Crippen molar-refractivity contribution in [2.45, 2.75) is 25.3 Å². The molecule has 0 radical (unpaired) electrons. The van der Waals surface area contributed by atoms with Gasteiger partial charge in [0.25, 0.3) is 5.91 Å². The number of nitrogens with one attached hydrogen (secondary N) is 1. The van der Waals surface area contributed by atoms with Crippen LogP contribution >= 0.6 is 0 Å². The van der Waals surface area contributed by atoms with Gasteiger partial charge in [0.15, 0.2) is 0 Å². The number of ether oxygens (including phenoxy) is 1. The third kappa shape index (κ3) is 3.62. The third-order valence-electron chi connectivity index (χ3n) is 4.75. The lowest BCUT2D eigenvalue weighted by molar-refractivity contribution is 0.0932. The lowest BCUT2D eigenvalue weighted by atomic mass is 9.87. The van der Waals surface area contributed by atoms with Gasteiger partial charge in [-0.15, -0.1) is 0 Å². The zero-order valence-electron chi connectivity index (χ0n) is 14.5. The van der Waals surface area contributed by atoms with E-state index in [0.717, 1.165) is 25.0 Å². The Hall–Kier alpha value is -3.07. The van der Waals surface area contributed by atoms with Crippen LogP contribution in [0, 0.1) is 0 Å². The summed E-state index contributed by atoms with van der Waals surface area (Å²) in [5.41, 5.74) is 3.19. The minimum Gasteiger partial charge on any atom is -0.457 e. The van der Waals surface area contributed by atoms with Gasteiger partial charge in [-0.05, 0) is 60.7 Å². The molecule has 0 saturated carbocycles. The van der Waals surface area contributed by atoms with Gasteiger partial charge in [0.2, 0.25) is 0 Å². The molecule has 1 aliphatic carbocycles. The molecule has 1 atom stereocenters. The van der Waals surface area contributed by atoms with Crippen LogP contribution in [0.2, 0.25) is 0 Å². The van der Waals surface area contributed by atoms with Crippen molar-refractivity contribution in [2.75, 3.05) is 0 Å². The molecule has 130 valence electrons. The second kappa shape index (κ2) is 7.44. The number of rotatable bonds is 4. The van der Waals surface area contributed by atoms with E-state index in [0.29, 0.717) is 11.3 Å². The molecule has 1 N–H and O–H groups in total. The summed E-state index contributed by atoms with van der Waals surface area (Å²) in [6, 6.07) is 25.3. The number of hydrogen-bond donors (Lipinski definition) is 1. The highest BCUT2D eigenvalue weighted by molar-refractivity contribution is 5.94. The first-order chi connectivity index (χ1) is 12.8. The summed E-state index contributed by atoms with van der Waals surface area (Å²) in [7, 11) is 0. The lowest BCUT2D eigenvalue weighted by Crippen LogP contribution is -2.30. The summed E-state index contributed by atoms with van der Waals surface area (Å²) >= 11 is 0. The Balaban J connectivity index is 1.50. The minimum atomic E-state index is -0.0646. The number of fused-ring (bicyclic) bond motifs is 1. The van der Waals surface area contributed by atoms with Crippen molar-refractivity contribution in [1.82, 2.24) is 5.32 Å². The average molecular weight is 343 g/mol. The maximum atomic E-state index is 12.8. The van der Waals surface area contributed by atoms with Crippen LogP contribution in [0.4, 0.5) is 0 Å². The Morgan fingerprint density at radius 2 is 1.65 bits per heavy atom. The second-order valence-corrected chi connectivity index (χ2v) is 6.56. The van der Waals surface area contributed by atoms with E-state index in [1.807, 2.05) is 54.6 Å². The Bertz CT molecular complexity index is 905. The standard InChI is InChI=1S/C23H21NO2/c25-23(24-22-15-7-9-17-8-4-5-14-21(17)22)18-10-6-13-20(16-18)26-19-11-2-1-3-12-19/h1-6,8,10-14,16,22H,7,9,15H2,(H,24,25). The largest absolute Gasteiger partial charge is 0.457 e. The van der Waals surface area contributed by atoms with Crippen LogP contribution in [0.5, 0.6) is 11.5 Å². The summed E-state index contributed by atoms with van der Waals surface area (Å²) < 4.78 is 5.84. The van der Waals surface area contributed by atoms with E-state index in [2.05, 4.69) is 23.5 Å². The SMILES string of the molecule is O=C(NC1CCCc2ccccc21)c1cccc(Oc2ccccc2)c1. The van der Waals surface area contributed by atoms with Gasteiger partial charge in [0.1, 0.15) is 11.5 Å². The number of hydrogen-bond acceptors (Lipinski definition) is 2. The van der Waals surface area contributed by atoms with Crippen LogP contribution < -0.4 is 10.1 Å². The van der Waals surface area contributed by atoms with Gasteiger partial charge >= 0.3 is 0 Å². The molecule has 1 unspecified atom stereocenters. The lowest BCUT2D eigenvalue weighted by Gasteiger charge is -2.26. The van der Waals surface area contributed by atoms with Gasteiger partial charge in [-0.1, -0.05) is 48.5 Å². The van der Waals surface area contributed by atoms with Crippen molar-refractivity contribution in [2.24, 2.45) is 0 Å². The Morgan fingerprint density at radius 1 is 0.885 bits per heavy atom. The molecule has 0 aromatic heterocycles. The second-order valence-electron chi connectivity index (χ2n) is 6.56. The first kappa shape index (κ1) is 16.4. The number of carbonyl (C=O) groups is 1. The van der Waals surface area contributed by atoms with E-state index in [9.17, 15) is 4.79 Å². The molecule has 3 heteroatoms. The zero-order valence-corrected chi connectivity index (χ0v) is 14.5. The highest BCUT2D eigenvalue weighted by atomic mass is 16.5. The number of aryl methyl sites for hydroxylation is 1. The van der Waals surface area contributed by atoms with Crippen LogP contribution in [0.15, 0.2) is 78.9 Å². The molecule has 3 nitrogen and oxygen atoms in total. The van der Waals surface area contributed by atoms with E-state index in [1.165, 1.54) is 11.1 Å². The zero-order chi connectivity index (χ0) is 17.8. The molecule has 1 aliphatic rings. The molecule has 3 aromatic carbocycles. The number of para-hydroxylation sites is 1. The summed E-state index contributed by atoms with van der Waals surface area (Å²) in [6.45, 7) is 0. The van der Waals surface area contributed by atoms with Crippen LogP contribution in [0.1, 0.15) is 40.4 Å². The highest BCUT2D eigenvalue weighted by Crippen LogP contribution is 2.30. The Morgan fingerprint density at radius 3 is 2.54 bits per heavy atom. The fraction of sp³-hybridized carbons (Fsp3) is 0.174. The maximum Gasteiger partial charge on any atom is 0.251 e. The smallest absolute Gasteiger partial charge is 0.251 e. The predicted octanol–water partition coefficient (Wildman–Crippen LogP) is 5.29. The van der Waals surface area contributed by atoms with Gasteiger partial charge in [0.05, 0.1) is 6.04 Å². The van der Waals surface area contributed by atoms with Gasteiger partial charge in [0, 0.05) is 5.56 Å². The average Bonchev–Trinajstić information content (AvgIpc) is 2.69. The molecule has 0 spiro atoms. The number of amides is 1. The molecule has 3 aromatic rings. The maximum absolute atomic E-state index is 12.8. The van der Waals surface area contributed by atoms with E-state index in [1.54, 1.807) is 6.07 Å². The molecule has 0 saturated heterocycles. The molecule has 0 heterocycles. The predicted molar refractivity (Wildman–Crippen MR) is 103 cm³/mol. The highest BCUT2D eigenvalue weighted by Gasteiger charge is 2.22. The van der Waals surface area contributed by atoms with Crippen LogP contribution in [-0.2, 0) is 6.42 Å². The van der Waals surface area contributed by atoms with E-state index in [-0.39, 0.29) is 11.9 Å². The monoisotopic (exact) mass is 343 g/mol. The summed E-state index contributed by atoms with van der Waals surface area (Å²) in [5, 5.41) is 3.19. The molecule has 26 heavy (non-hydrogen) atoms. The Labute approximate surface area is 153 Å². The molecule has 0 fully saturated rings. The van der Waals surface area contributed by atoms with Crippen molar-refractivity contribution in [1.29, 1.82) is 0 Å². The number of benzene rings is 3. The number of carbonyl (C=O) groups excluding carboxylic acids is 1. The van der Waals surface area contributed by atoms with Crippen LogP contribution in [0.25, 0.3) is 0 Å². The molecule has 0 bridgehead atoms. The quantitative estimate of drug-likeness (QED) is 0.699. The fourth-order valence-electron chi connectivity index (χ4n) is 3.47. The summed E-state index contributed by atoms with van der Waals surface area (Å²) in [5.74, 6) is 1.35. The molecular weight excluding hydrogens is 322 g/mol. The first-order valence-corrected chi connectivity index (χ1v) is 9.01. The van der Waals surface area contributed by atoms with Crippen molar-refractivity contribution in [3.63, 3.8) is 0 Å². The fourth-order valence-corrected chi connectivity index (χ4v) is 3.47. The normalized spacial score (nSPS) is 15.8. The van der Waals surface area contributed by atoms with E-state index >= 15 is 0 Å². The van der Waals surface area contributed by atoms with Crippen molar-refractivity contribution in [3.05, 3.63) is 95.6 Å². The first-order valence-electron chi connectivity index (χ1n) is 9.01. The van der Waals surface area contributed by atoms with Gasteiger partial charge in [-0.2, -0.15) is 0 Å². The summed E-state index contributed by atoms with van der Waals surface area (Å²) in [4.78, 5) is 12.8. The van der Waals surface area contributed by atoms with Crippen molar-refractivity contribution in [3.8, 4) is 11.5 Å². The summed E-state index contributed by atoms with van der Waals surface area (Å²) in [6.07, 6.45) is 3.16. The van der Waals surface area contributed by atoms with Gasteiger partial charge < -0.3 is 10.1 Å². The van der Waals surface area contributed by atoms with Crippen molar-refractivity contribution < 1.29 is 9.53 Å². The Kier molecular flexibility index (Phi) is 4.69. The van der Waals surface area contributed by atoms with E-state index in [4.69, 9.17) is 4.74 Å². The van der Waals surface area contributed by atoms with Gasteiger partial charge in [-0.3, -0.25) is 4.79 Å². The molecule has 4 rings (SSSR count). The van der Waals surface area contributed by atoms with E-state index < -0.39 is 0 Å². The molecule has 1 amide bonds. The van der Waals surface area contributed by atoms with Crippen LogP contribution in [-0.4, -0.2) is 5.91 Å².